The Hall–Kier alpha value is -3.13. The minimum Gasteiger partial charge on any atom is -0.458 e. The van der Waals surface area contributed by atoms with Crippen molar-refractivity contribution in [2.45, 2.75) is 32.8 Å². The van der Waals surface area contributed by atoms with Gasteiger partial charge in [0.1, 0.15) is 6.10 Å². The number of amides is 1. The van der Waals surface area contributed by atoms with Crippen molar-refractivity contribution in [2.24, 2.45) is 11.8 Å². The molecule has 1 saturated heterocycles. The topological polar surface area (TPSA) is 70.4 Å². The van der Waals surface area contributed by atoms with Gasteiger partial charge in [-0.1, -0.05) is 18.2 Å². The Kier molecular flexibility index (Phi) is 4.64. The molecule has 0 aromatic heterocycles. The number of fused-ring (bicyclic) bond motifs is 1. The van der Waals surface area contributed by atoms with Crippen molar-refractivity contribution in [1.29, 1.82) is 5.26 Å². The first kappa shape index (κ1) is 18.2. The van der Waals surface area contributed by atoms with Crippen LogP contribution in [-0.2, 0) is 9.53 Å². The highest BCUT2D eigenvalue weighted by atomic mass is 16.5. The lowest BCUT2D eigenvalue weighted by Crippen LogP contribution is -2.30. The van der Waals surface area contributed by atoms with E-state index in [1.165, 1.54) is 0 Å². The van der Waals surface area contributed by atoms with Gasteiger partial charge in [-0.15, -0.1) is 0 Å². The number of ether oxygens (including phenoxy) is 1. The Balaban J connectivity index is 1.54. The van der Waals surface area contributed by atoms with Gasteiger partial charge in [0.2, 0.25) is 5.91 Å². The SMILES string of the molecule is Cc1c(C#N)ccc(N2CC3C(OC(=O)c4ccccc4)CCC3C2=O)c1C. The van der Waals surface area contributed by atoms with E-state index in [4.69, 9.17) is 4.74 Å². The Bertz CT molecular complexity index is 977. The van der Waals surface area contributed by atoms with Crippen LogP contribution in [0.2, 0.25) is 0 Å². The predicted octanol–water partition coefficient (Wildman–Crippen LogP) is 3.77. The summed E-state index contributed by atoms with van der Waals surface area (Å²) in [5.41, 5.74) is 3.86. The lowest BCUT2D eigenvalue weighted by molar-refractivity contribution is -0.120. The molecule has 2 aliphatic rings. The standard InChI is InChI=1S/C23H22N2O3/c1-14-15(2)20(10-8-17(14)12-24)25-13-19-18(22(25)26)9-11-21(19)28-23(27)16-6-4-3-5-7-16/h3-8,10,18-19,21H,9,11,13H2,1-2H3. The summed E-state index contributed by atoms with van der Waals surface area (Å²) in [6.45, 7) is 4.39. The first-order chi connectivity index (χ1) is 13.5. The second-order valence-corrected chi connectivity index (χ2v) is 7.60. The molecule has 3 atom stereocenters. The highest BCUT2D eigenvalue weighted by molar-refractivity contribution is 5.99. The zero-order valence-corrected chi connectivity index (χ0v) is 16.0. The summed E-state index contributed by atoms with van der Waals surface area (Å²) in [4.78, 5) is 27.3. The molecule has 0 bridgehead atoms. The highest BCUT2D eigenvalue weighted by Crippen LogP contribution is 2.43. The van der Waals surface area contributed by atoms with E-state index in [1.807, 2.05) is 38.1 Å². The smallest absolute Gasteiger partial charge is 0.338 e. The first-order valence-corrected chi connectivity index (χ1v) is 9.59. The minimum absolute atomic E-state index is 0.00973. The number of nitrogens with zero attached hydrogens (tertiary/aromatic N) is 2. The van der Waals surface area contributed by atoms with Crippen molar-refractivity contribution in [2.75, 3.05) is 11.4 Å². The molecule has 28 heavy (non-hydrogen) atoms. The van der Waals surface area contributed by atoms with Gasteiger partial charge < -0.3 is 9.64 Å². The molecular formula is C23H22N2O3. The number of nitriles is 1. The molecule has 2 aromatic carbocycles. The maximum absolute atomic E-state index is 13.0. The third-order valence-electron chi connectivity index (χ3n) is 6.17. The van der Waals surface area contributed by atoms with Gasteiger partial charge in [0.25, 0.3) is 0 Å². The van der Waals surface area contributed by atoms with Gasteiger partial charge in [0.05, 0.1) is 17.2 Å². The van der Waals surface area contributed by atoms with Crippen LogP contribution in [0.5, 0.6) is 0 Å². The van der Waals surface area contributed by atoms with Crippen LogP contribution in [0.25, 0.3) is 0 Å². The van der Waals surface area contributed by atoms with Crippen LogP contribution in [0.15, 0.2) is 42.5 Å². The maximum atomic E-state index is 13.0. The van der Waals surface area contributed by atoms with Crippen molar-refractivity contribution in [3.8, 4) is 6.07 Å². The van der Waals surface area contributed by atoms with Crippen LogP contribution >= 0.6 is 0 Å². The van der Waals surface area contributed by atoms with E-state index in [0.29, 0.717) is 17.7 Å². The van der Waals surface area contributed by atoms with Crippen molar-refractivity contribution >= 4 is 17.6 Å². The summed E-state index contributed by atoms with van der Waals surface area (Å²) in [7, 11) is 0. The normalized spacial score (nSPS) is 23.4. The molecular weight excluding hydrogens is 352 g/mol. The average molecular weight is 374 g/mol. The van der Waals surface area contributed by atoms with Crippen LogP contribution in [0.4, 0.5) is 5.69 Å². The van der Waals surface area contributed by atoms with Crippen molar-refractivity contribution in [1.82, 2.24) is 0 Å². The van der Waals surface area contributed by atoms with Crippen molar-refractivity contribution < 1.29 is 14.3 Å². The third-order valence-corrected chi connectivity index (χ3v) is 6.17. The van der Waals surface area contributed by atoms with E-state index in [9.17, 15) is 14.9 Å². The maximum Gasteiger partial charge on any atom is 0.338 e. The number of anilines is 1. The molecule has 1 saturated carbocycles. The molecule has 0 spiro atoms. The fourth-order valence-electron chi connectivity index (χ4n) is 4.45. The Morgan fingerprint density at radius 2 is 1.86 bits per heavy atom. The Morgan fingerprint density at radius 1 is 1.11 bits per heavy atom. The largest absolute Gasteiger partial charge is 0.458 e. The monoisotopic (exact) mass is 374 g/mol. The van der Waals surface area contributed by atoms with E-state index < -0.39 is 0 Å². The molecule has 1 aliphatic carbocycles. The Labute approximate surface area is 164 Å². The molecule has 142 valence electrons. The van der Waals surface area contributed by atoms with E-state index in [1.54, 1.807) is 23.1 Å². The summed E-state index contributed by atoms with van der Waals surface area (Å²) in [5.74, 6) is -0.336. The van der Waals surface area contributed by atoms with Crippen LogP contribution in [-0.4, -0.2) is 24.5 Å². The van der Waals surface area contributed by atoms with E-state index in [2.05, 4.69) is 6.07 Å². The van der Waals surface area contributed by atoms with E-state index in [-0.39, 0.29) is 29.8 Å². The van der Waals surface area contributed by atoms with Gasteiger partial charge in [0, 0.05) is 24.1 Å². The molecule has 0 N–H and O–H groups in total. The number of carbonyl (C=O) groups excluding carboxylic acids is 2. The Morgan fingerprint density at radius 3 is 2.57 bits per heavy atom. The first-order valence-electron chi connectivity index (χ1n) is 9.59. The number of hydrogen-bond acceptors (Lipinski definition) is 4. The number of esters is 1. The summed E-state index contributed by atoms with van der Waals surface area (Å²) in [6.07, 6.45) is 1.21. The molecule has 4 rings (SSSR count). The summed E-state index contributed by atoms with van der Waals surface area (Å²) < 4.78 is 5.77. The van der Waals surface area contributed by atoms with Crippen LogP contribution in [0.1, 0.15) is 39.9 Å². The van der Waals surface area contributed by atoms with Gasteiger partial charge in [0.15, 0.2) is 0 Å². The molecule has 0 radical (unpaired) electrons. The quantitative estimate of drug-likeness (QED) is 0.767. The van der Waals surface area contributed by atoms with E-state index >= 15 is 0 Å². The summed E-state index contributed by atoms with van der Waals surface area (Å²) >= 11 is 0. The van der Waals surface area contributed by atoms with Gasteiger partial charge in [-0.25, -0.2) is 4.79 Å². The molecule has 5 heteroatoms. The van der Waals surface area contributed by atoms with E-state index in [0.717, 1.165) is 29.7 Å². The zero-order valence-electron chi connectivity index (χ0n) is 16.0. The summed E-state index contributed by atoms with van der Waals surface area (Å²) in [5, 5.41) is 9.22. The highest BCUT2D eigenvalue weighted by Gasteiger charge is 2.50. The molecule has 5 nitrogen and oxygen atoms in total. The van der Waals surface area contributed by atoms with Crippen LogP contribution < -0.4 is 4.90 Å². The molecule has 2 aromatic rings. The average Bonchev–Trinajstić information content (AvgIpc) is 3.25. The van der Waals surface area contributed by atoms with Crippen molar-refractivity contribution in [3.05, 3.63) is 64.7 Å². The number of hydrogen-bond donors (Lipinski definition) is 0. The number of carbonyl (C=O) groups is 2. The fraction of sp³-hybridized carbons (Fsp3) is 0.348. The van der Waals surface area contributed by atoms with Crippen LogP contribution in [0, 0.1) is 37.0 Å². The molecule has 3 unspecified atom stereocenters. The summed E-state index contributed by atoms with van der Waals surface area (Å²) in [6, 6.07) is 14.8. The van der Waals surface area contributed by atoms with Crippen LogP contribution in [0.3, 0.4) is 0 Å². The second-order valence-electron chi connectivity index (χ2n) is 7.60. The minimum atomic E-state index is -0.331. The lowest BCUT2D eigenvalue weighted by Gasteiger charge is -2.23. The number of benzene rings is 2. The molecule has 1 aliphatic heterocycles. The van der Waals surface area contributed by atoms with Gasteiger partial charge in [-0.3, -0.25) is 4.79 Å². The molecule has 1 amide bonds. The number of rotatable bonds is 3. The van der Waals surface area contributed by atoms with Crippen molar-refractivity contribution in [3.63, 3.8) is 0 Å². The molecule has 2 fully saturated rings. The zero-order chi connectivity index (χ0) is 19.8. The predicted molar refractivity (Wildman–Crippen MR) is 105 cm³/mol. The van der Waals surface area contributed by atoms with Gasteiger partial charge >= 0.3 is 5.97 Å². The fourth-order valence-corrected chi connectivity index (χ4v) is 4.45. The molecule has 1 heterocycles. The van der Waals surface area contributed by atoms with Gasteiger partial charge in [-0.05, 0) is 62.1 Å². The third kappa shape index (κ3) is 2.95. The lowest BCUT2D eigenvalue weighted by atomic mass is 9.99. The van der Waals surface area contributed by atoms with Gasteiger partial charge in [-0.2, -0.15) is 5.26 Å². The second kappa shape index (κ2) is 7.12.